The Bertz CT molecular complexity index is 275. The highest BCUT2D eigenvalue weighted by Crippen LogP contribution is 1.83. The zero-order valence-electron chi connectivity index (χ0n) is 8.40. The van der Waals surface area contributed by atoms with Gasteiger partial charge in [0.1, 0.15) is 0 Å². The highest BCUT2D eigenvalue weighted by Gasteiger charge is 2.01. The van der Waals surface area contributed by atoms with Gasteiger partial charge in [-0.25, -0.2) is 4.79 Å². The molecule has 1 aliphatic rings. The van der Waals surface area contributed by atoms with Crippen LogP contribution in [-0.4, -0.2) is 38.1 Å². The molecule has 0 aliphatic carbocycles. The standard InChI is InChI=1S/C5H12N2.C5H4O2/c1-7-4-2-6-3-5-7;6-5-3-1-2-4-7-5/h6H,2-5H2,1H3;1-4H. The third-order valence-electron chi connectivity index (χ3n) is 1.95. The van der Waals surface area contributed by atoms with Gasteiger partial charge in [0.25, 0.3) is 0 Å². The summed E-state index contributed by atoms with van der Waals surface area (Å²) >= 11 is 0. The number of piperazine rings is 1. The molecule has 2 rings (SSSR count). The summed E-state index contributed by atoms with van der Waals surface area (Å²) in [6, 6.07) is 4.65. The molecule has 1 aromatic heterocycles. The Morgan fingerprint density at radius 1 is 1.36 bits per heavy atom. The summed E-state index contributed by atoms with van der Waals surface area (Å²) in [5.41, 5.74) is -0.303. The fourth-order valence-electron chi connectivity index (χ4n) is 1.10. The number of nitrogens with one attached hydrogen (secondary N) is 1. The Morgan fingerprint density at radius 3 is 2.36 bits per heavy atom. The quantitative estimate of drug-likeness (QED) is 0.642. The van der Waals surface area contributed by atoms with Crippen molar-refractivity contribution in [1.29, 1.82) is 0 Å². The number of rotatable bonds is 0. The van der Waals surface area contributed by atoms with E-state index < -0.39 is 0 Å². The largest absolute Gasteiger partial charge is 0.431 e. The minimum atomic E-state index is -0.303. The average molecular weight is 196 g/mol. The maximum absolute atomic E-state index is 10.1. The van der Waals surface area contributed by atoms with Crippen molar-refractivity contribution in [3.05, 3.63) is 34.9 Å². The highest BCUT2D eigenvalue weighted by molar-refractivity contribution is 4.85. The van der Waals surface area contributed by atoms with E-state index in [1.165, 1.54) is 25.4 Å². The van der Waals surface area contributed by atoms with Gasteiger partial charge >= 0.3 is 5.63 Å². The van der Waals surface area contributed by atoms with Crippen LogP contribution in [0.4, 0.5) is 0 Å². The van der Waals surface area contributed by atoms with Gasteiger partial charge in [0, 0.05) is 32.2 Å². The van der Waals surface area contributed by atoms with E-state index in [1.54, 1.807) is 12.1 Å². The molecule has 1 saturated heterocycles. The van der Waals surface area contributed by atoms with E-state index in [0.717, 1.165) is 13.1 Å². The Kier molecular flexibility index (Phi) is 4.96. The predicted molar refractivity (Wildman–Crippen MR) is 55.3 cm³/mol. The SMILES string of the molecule is CN1CCNCC1.O=c1cccco1. The molecule has 1 aliphatic heterocycles. The number of nitrogens with zero attached hydrogens (tertiary/aromatic N) is 1. The first-order valence-corrected chi connectivity index (χ1v) is 4.72. The molecule has 14 heavy (non-hydrogen) atoms. The van der Waals surface area contributed by atoms with Crippen molar-refractivity contribution in [2.45, 2.75) is 0 Å². The molecule has 0 unspecified atom stereocenters. The molecule has 1 aromatic rings. The van der Waals surface area contributed by atoms with Crippen LogP contribution in [0.2, 0.25) is 0 Å². The maximum Gasteiger partial charge on any atom is 0.335 e. The lowest BCUT2D eigenvalue weighted by atomic mass is 10.4. The third-order valence-corrected chi connectivity index (χ3v) is 1.95. The zero-order chi connectivity index (χ0) is 10.2. The first-order valence-electron chi connectivity index (χ1n) is 4.72. The minimum Gasteiger partial charge on any atom is -0.431 e. The molecule has 4 heteroatoms. The lowest BCUT2D eigenvalue weighted by molar-refractivity contribution is 0.291. The van der Waals surface area contributed by atoms with Crippen molar-refractivity contribution in [2.24, 2.45) is 0 Å². The van der Waals surface area contributed by atoms with Crippen LogP contribution < -0.4 is 10.9 Å². The van der Waals surface area contributed by atoms with Crippen molar-refractivity contribution < 1.29 is 4.42 Å². The molecule has 0 aromatic carbocycles. The summed E-state index contributed by atoms with van der Waals surface area (Å²) in [5.74, 6) is 0. The molecule has 0 saturated carbocycles. The van der Waals surface area contributed by atoms with E-state index in [-0.39, 0.29) is 5.63 Å². The van der Waals surface area contributed by atoms with Crippen LogP contribution in [0.1, 0.15) is 0 Å². The van der Waals surface area contributed by atoms with Crippen LogP contribution in [0.15, 0.2) is 33.7 Å². The van der Waals surface area contributed by atoms with E-state index in [1.807, 2.05) is 0 Å². The first-order chi connectivity index (χ1) is 6.79. The Morgan fingerprint density at radius 2 is 2.07 bits per heavy atom. The first kappa shape index (κ1) is 10.9. The Balaban J connectivity index is 0.000000140. The molecular weight excluding hydrogens is 180 g/mol. The van der Waals surface area contributed by atoms with Gasteiger partial charge in [-0.15, -0.1) is 0 Å². The van der Waals surface area contributed by atoms with Gasteiger partial charge in [-0.2, -0.15) is 0 Å². The molecule has 1 fully saturated rings. The fraction of sp³-hybridized carbons (Fsp3) is 0.500. The summed E-state index contributed by atoms with van der Waals surface area (Å²) in [5, 5.41) is 3.27. The van der Waals surface area contributed by atoms with Gasteiger partial charge in [0.15, 0.2) is 0 Å². The number of hydrogen-bond donors (Lipinski definition) is 1. The van der Waals surface area contributed by atoms with Crippen LogP contribution in [0.5, 0.6) is 0 Å². The lowest BCUT2D eigenvalue weighted by Crippen LogP contribution is -2.40. The lowest BCUT2D eigenvalue weighted by Gasteiger charge is -2.21. The molecule has 1 N–H and O–H groups in total. The maximum atomic E-state index is 10.1. The molecule has 0 amide bonds. The molecule has 0 radical (unpaired) electrons. The molecule has 0 bridgehead atoms. The summed E-state index contributed by atoms with van der Waals surface area (Å²) < 4.78 is 4.37. The van der Waals surface area contributed by atoms with Gasteiger partial charge in [0.2, 0.25) is 0 Å². The van der Waals surface area contributed by atoms with Crippen molar-refractivity contribution in [3.63, 3.8) is 0 Å². The molecule has 78 valence electrons. The smallest absolute Gasteiger partial charge is 0.335 e. The number of hydrogen-bond acceptors (Lipinski definition) is 4. The van der Waals surface area contributed by atoms with E-state index in [4.69, 9.17) is 0 Å². The van der Waals surface area contributed by atoms with Gasteiger partial charge in [-0.1, -0.05) is 6.07 Å². The van der Waals surface area contributed by atoms with Crippen LogP contribution in [0.3, 0.4) is 0 Å². The van der Waals surface area contributed by atoms with Crippen LogP contribution in [-0.2, 0) is 0 Å². The average Bonchev–Trinajstić information content (AvgIpc) is 2.21. The third kappa shape index (κ3) is 4.79. The second-order valence-electron chi connectivity index (χ2n) is 3.18. The molecule has 4 nitrogen and oxygen atoms in total. The topological polar surface area (TPSA) is 45.5 Å². The zero-order valence-corrected chi connectivity index (χ0v) is 8.40. The predicted octanol–water partition coefficient (Wildman–Crippen LogP) is 0.161. The molecular formula is C10H16N2O2. The molecule has 0 atom stereocenters. The Labute approximate surface area is 83.5 Å². The van der Waals surface area contributed by atoms with E-state index in [9.17, 15) is 4.79 Å². The Hall–Kier alpha value is -1.13. The van der Waals surface area contributed by atoms with Gasteiger partial charge in [-0.3, -0.25) is 0 Å². The fourth-order valence-corrected chi connectivity index (χ4v) is 1.10. The van der Waals surface area contributed by atoms with Crippen LogP contribution >= 0.6 is 0 Å². The summed E-state index contributed by atoms with van der Waals surface area (Å²) in [4.78, 5) is 12.4. The summed E-state index contributed by atoms with van der Waals surface area (Å²) in [6.45, 7) is 4.74. The van der Waals surface area contributed by atoms with E-state index in [2.05, 4.69) is 21.7 Å². The van der Waals surface area contributed by atoms with E-state index in [0.29, 0.717) is 0 Å². The van der Waals surface area contributed by atoms with Gasteiger partial charge < -0.3 is 14.6 Å². The minimum absolute atomic E-state index is 0.303. The van der Waals surface area contributed by atoms with Gasteiger partial charge in [0.05, 0.1) is 6.26 Å². The second kappa shape index (κ2) is 6.34. The normalized spacial score (nSPS) is 16.9. The van der Waals surface area contributed by atoms with Crippen LogP contribution in [0, 0.1) is 0 Å². The van der Waals surface area contributed by atoms with Gasteiger partial charge in [-0.05, 0) is 13.1 Å². The molecule has 0 spiro atoms. The van der Waals surface area contributed by atoms with Crippen molar-refractivity contribution in [3.8, 4) is 0 Å². The monoisotopic (exact) mass is 196 g/mol. The van der Waals surface area contributed by atoms with Crippen LogP contribution in [0.25, 0.3) is 0 Å². The van der Waals surface area contributed by atoms with Crippen molar-refractivity contribution in [1.82, 2.24) is 10.2 Å². The van der Waals surface area contributed by atoms with Crippen molar-refractivity contribution in [2.75, 3.05) is 33.2 Å². The van der Waals surface area contributed by atoms with E-state index >= 15 is 0 Å². The summed E-state index contributed by atoms with van der Waals surface area (Å²) in [7, 11) is 2.15. The second-order valence-corrected chi connectivity index (χ2v) is 3.18. The highest BCUT2D eigenvalue weighted by atomic mass is 16.4. The molecule has 2 heterocycles. The number of likely N-dealkylation sites (N-methyl/N-ethyl adjacent to an activating group) is 1. The summed E-state index contributed by atoms with van der Waals surface area (Å²) in [6.07, 6.45) is 1.35. The van der Waals surface area contributed by atoms with Crippen molar-refractivity contribution >= 4 is 0 Å².